The standard InChI is InChI=1S/C23H32N4O2/c1-6-18-10-12-19(13-11-18)16-27(5)23(24-2)25-15-20-8-7-9-21(14-20)29-17-22(28)26(3)4/h7-14H,6,15-17H2,1-5H3,(H,24,25). The summed E-state index contributed by atoms with van der Waals surface area (Å²) in [5, 5.41) is 3.38. The van der Waals surface area contributed by atoms with E-state index < -0.39 is 0 Å². The molecule has 0 spiro atoms. The number of hydrogen-bond acceptors (Lipinski definition) is 3. The molecule has 0 aliphatic rings. The molecule has 1 amide bonds. The minimum absolute atomic E-state index is 0.0328. The third-order valence-electron chi connectivity index (χ3n) is 4.63. The van der Waals surface area contributed by atoms with Gasteiger partial charge in [0, 0.05) is 41.3 Å². The van der Waals surface area contributed by atoms with Crippen molar-refractivity contribution in [2.75, 3.05) is 34.8 Å². The third kappa shape index (κ3) is 7.14. The molecule has 29 heavy (non-hydrogen) atoms. The van der Waals surface area contributed by atoms with E-state index in [1.807, 2.05) is 31.3 Å². The van der Waals surface area contributed by atoms with Gasteiger partial charge in [0.2, 0.25) is 0 Å². The third-order valence-corrected chi connectivity index (χ3v) is 4.63. The maximum absolute atomic E-state index is 11.7. The molecular formula is C23H32N4O2. The minimum Gasteiger partial charge on any atom is -0.484 e. The Labute approximate surface area is 174 Å². The molecule has 0 fully saturated rings. The molecule has 2 rings (SSSR count). The smallest absolute Gasteiger partial charge is 0.259 e. The van der Waals surface area contributed by atoms with Gasteiger partial charge in [-0.05, 0) is 35.2 Å². The number of rotatable bonds is 8. The number of aryl methyl sites for hydroxylation is 1. The lowest BCUT2D eigenvalue weighted by Crippen LogP contribution is -2.38. The highest BCUT2D eigenvalue weighted by atomic mass is 16.5. The van der Waals surface area contributed by atoms with Crippen LogP contribution in [-0.2, 0) is 24.3 Å². The van der Waals surface area contributed by atoms with Crippen LogP contribution < -0.4 is 10.1 Å². The molecule has 0 radical (unpaired) electrons. The van der Waals surface area contributed by atoms with Crippen LogP contribution in [0.15, 0.2) is 53.5 Å². The molecule has 2 aromatic carbocycles. The highest BCUT2D eigenvalue weighted by Crippen LogP contribution is 2.14. The van der Waals surface area contributed by atoms with Crippen LogP contribution >= 0.6 is 0 Å². The highest BCUT2D eigenvalue weighted by molar-refractivity contribution is 5.79. The average Bonchev–Trinajstić information content (AvgIpc) is 2.73. The van der Waals surface area contributed by atoms with Crippen LogP contribution in [0.3, 0.4) is 0 Å². The second-order valence-corrected chi connectivity index (χ2v) is 7.15. The first-order valence-electron chi connectivity index (χ1n) is 9.84. The molecule has 6 nitrogen and oxygen atoms in total. The number of benzene rings is 2. The first-order chi connectivity index (χ1) is 13.9. The highest BCUT2D eigenvalue weighted by Gasteiger charge is 2.08. The van der Waals surface area contributed by atoms with E-state index in [2.05, 4.69) is 46.4 Å². The molecule has 0 aliphatic carbocycles. The largest absolute Gasteiger partial charge is 0.484 e. The van der Waals surface area contributed by atoms with Gasteiger partial charge in [0.25, 0.3) is 5.91 Å². The van der Waals surface area contributed by atoms with Crippen LogP contribution in [0.25, 0.3) is 0 Å². The predicted molar refractivity (Wildman–Crippen MR) is 118 cm³/mol. The lowest BCUT2D eigenvalue weighted by atomic mass is 10.1. The lowest BCUT2D eigenvalue weighted by molar-refractivity contribution is -0.130. The van der Waals surface area contributed by atoms with Gasteiger partial charge >= 0.3 is 0 Å². The van der Waals surface area contributed by atoms with Gasteiger partial charge in [-0.2, -0.15) is 0 Å². The van der Waals surface area contributed by atoms with Crippen molar-refractivity contribution in [2.45, 2.75) is 26.4 Å². The van der Waals surface area contributed by atoms with Crippen molar-refractivity contribution < 1.29 is 9.53 Å². The van der Waals surface area contributed by atoms with Crippen LogP contribution in [-0.4, -0.2) is 56.5 Å². The number of nitrogens with zero attached hydrogens (tertiary/aromatic N) is 3. The number of ether oxygens (including phenoxy) is 1. The lowest BCUT2D eigenvalue weighted by Gasteiger charge is -2.22. The molecule has 6 heteroatoms. The number of hydrogen-bond donors (Lipinski definition) is 1. The van der Waals surface area contributed by atoms with E-state index in [-0.39, 0.29) is 12.5 Å². The van der Waals surface area contributed by atoms with Crippen LogP contribution in [0, 0.1) is 0 Å². The zero-order valence-electron chi connectivity index (χ0n) is 18.1. The first kappa shape index (κ1) is 22.3. The van der Waals surface area contributed by atoms with Crippen molar-refractivity contribution in [3.63, 3.8) is 0 Å². The van der Waals surface area contributed by atoms with E-state index in [4.69, 9.17) is 4.74 Å². The molecule has 0 saturated carbocycles. The zero-order valence-corrected chi connectivity index (χ0v) is 18.1. The van der Waals surface area contributed by atoms with Gasteiger partial charge < -0.3 is 19.9 Å². The molecule has 156 valence electrons. The van der Waals surface area contributed by atoms with Gasteiger partial charge in [0.15, 0.2) is 12.6 Å². The number of carbonyl (C=O) groups excluding carboxylic acids is 1. The monoisotopic (exact) mass is 396 g/mol. The summed E-state index contributed by atoms with van der Waals surface area (Å²) in [6.45, 7) is 3.59. The van der Waals surface area contributed by atoms with Gasteiger partial charge in [-0.3, -0.25) is 9.79 Å². The average molecular weight is 397 g/mol. The molecule has 0 atom stereocenters. The number of aliphatic imine (C=N–C) groups is 1. The number of guanidine groups is 1. The minimum atomic E-state index is -0.0671. The Hall–Kier alpha value is -3.02. The normalized spacial score (nSPS) is 11.1. The van der Waals surface area contributed by atoms with E-state index in [1.54, 1.807) is 21.1 Å². The predicted octanol–water partition coefficient (Wildman–Crippen LogP) is 2.92. The van der Waals surface area contributed by atoms with Crippen LogP contribution in [0.1, 0.15) is 23.6 Å². The van der Waals surface area contributed by atoms with Gasteiger partial charge in [-0.15, -0.1) is 0 Å². The molecule has 0 heterocycles. The summed E-state index contributed by atoms with van der Waals surface area (Å²) in [4.78, 5) is 19.7. The summed E-state index contributed by atoms with van der Waals surface area (Å²) in [5.41, 5.74) is 3.64. The Bertz CT molecular complexity index is 816. The first-order valence-corrected chi connectivity index (χ1v) is 9.84. The topological polar surface area (TPSA) is 57.2 Å². The SMILES string of the molecule is CCc1ccc(CN(C)C(=NC)NCc2cccc(OCC(=O)N(C)C)c2)cc1. The van der Waals surface area contributed by atoms with E-state index in [0.29, 0.717) is 12.3 Å². The van der Waals surface area contributed by atoms with Crippen molar-refractivity contribution >= 4 is 11.9 Å². The summed E-state index contributed by atoms with van der Waals surface area (Å²) in [6.07, 6.45) is 1.05. The summed E-state index contributed by atoms with van der Waals surface area (Å²) >= 11 is 0. The Kier molecular flexibility index (Phi) is 8.52. The molecule has 0 bridgehead atoms. The quantitative estimate of drug-likeness (QED) is 0.551. The van der Waals surface area contributed by atoms with Gasteiger partial charge in [-0.1, -0.05) is 43.3 Å². The van der Waals surface area contributed by atoms with E-state index in [0.717, 1.165) is 24.5 Å². The van der Waals surface area contributed by atoms with Gasteiger partial charge in [-0.25, -0.2) is 0 Å². The Morgan fingerprint density at radius 3 is 2.34 bits per heavy atom. The van der Waals surface area contributed by atoms with Crippen molar-refractivity contribution in [1.82, 2.24) is 15.1 Å². The van der Waals surface area contributed by atoms with E-state index >= 15 is 0 Å². The molecule has 0 aliphatic heterocycles. The zero-order chi connectivity index (χ0) is 21.2. The molecule has 0 saturated heterocycles. The number of carbonyl (C=O) groups is 1. The molecule has 2 aromatic rings. The fraction of sp³-hybridized carbons (Fsp3) is 0.391. The summed E-state index contributed by atoms with van der Waals surface area (Å²) in [5.74, 6) is 1.43. The van der Waals surface area contributed by atoms with Crippen molar-refractivity contribution in [2.24, 2.45) is 4.99 Å². The Balaban J connectivity index is 1.90. The Morgan fingerprint density at radius 1 is 1.03 bits per heavy atom. The molecular weight excluding hydrogens is 364 g/mol. The van der Waals surface area contributed by atoms with E-state index in [9.17, 15) is 4.79 Å². The molecule has 0 aromatic heterocycles. The second kappa shape index (κ2) is 11.1. The number of amides is 1. The van der Waals surface area contributed by atoms with Crippen LogP contribution in [0.2, 0.25) is 0 Å². The summed E-state index contributed by atoms with van der Waals surface area (Å²) in [6, 6.07) is 16.4. The van der Waals surface area contributed by atoms with Gasteiger partial charge in [0.05, 0.1) is 0 Å². The number of likely N-dealkylation sites (N-methyl/N-ethyl adjacent to an activating group) is 1. The summed E-state index contributed by atoms with van der Waals surface area (Å²) in [7, 11) is 7.24. The fourth-order valence-electron chi connectivity index (χ4n) is 2.81. The Morgan fingerprint density at radius 2 is 1.72 bits per heavy atom. The second-order valence-electron chi connectivity index (χ2n) is 7.15. The van der Waals surface area contributed by atoms with Gasteiger partial charge in [0.1, 0.15) is 5.75 Å². The number of nitrogens with one attached hydrogen (secondary N) is 1. The van der Waals surface area contributed by atoms with Crippen molar-refractivity contribution in [3.8, 4) is 5.75 Å². The van der Waals surface area contributed by atoms with Crippen LogP contribution in [0.4, 0.5) is 0 Å². The maximum atomic E-state index is 11.7. The van der Waals surface area contributed by atoms with E-state index in [1.165, 1.54) is 16.0 Å². The summed E-state index contributed by atoms with van der Waals surface area (Å²) < 4.78 is 5.59. The molecule has 0 unspecified atom stereocenters. The van der Waals surface area contributed by atoms with Crippen molar-refractivity contribution in [1.29, 1.82) is 0 Å². The van der Waals surface area contributed by atoms with Crippen molar-refractivity contribution in [3.05, 3.63) is 65.2 Å². The molecule has 1 N–H and O–H groups in total. The fourth-order valence-corrected chi connectivity index (χ4v) is 2.81. The maximum Gasteiger partial charge on any atom is 0.259 e. The van der Waals surface area contributed by atoms with Crippen LogP contribution in [0.5, 0.6) is 5.75 Å².